The van der Waals surface area contributed by atoms with E-state index in [4.69, 9.17) is 5.11 Å². The van der Waals surface area contributed by atoms with Gasteiger partial charge in [-0.25, -0.2) is 0 Å². The van der Waals surface area contributed by atoms with Gasteiger partial charge in [-0.3, -0.25) is 9.59 Å². The monoisotopic (exact) mass is 137 g/mol. The van der Waals surface area contributed by atoms with Gasteiger partial charge in [0.15, 0.2) is 5.75 Å². The van der Waals surface area contributed by atoms with Gasteiger partial charge in [-0.05, 0) is 0 Å². The van der Waals surface area contributed by atoms with E-state index >= 15 is 0 Å². The van der Waals surface area contributed by atoms with Crippen molar-refractivity contribution in [2.24, 2.45) is 0 Å². The molecular weight excluding hydrogens is 135 g/mol. The van der Waals surface area contributed by atoms with Crippen LogP contribution in [0, 0.1) is 0 Å². The Labute approximate surface area is 87.5 Å². The van der Waals surface area contributed by atoms with Crippen molar-refractivity contribution in [3.8, 4) is 5.75 Å². The quantitative estimate of drug-likeness (QED) is 0.354. The molecule has 3 nitrogen and oxygen atoms in total. The largest absolute Gasteiger partial charge is 0.504 e. The van der Waals surface area contributed by atoms with Crippen LogP contribution < -0.4 is 10.9 Å². The number of aromatic hydroxyl groups is 1. The molecule has 0 fully saturated rings. The zero-order valence-corrected chi connectivity index (χ0v) is 7.46. The summed E-state index contributed by atoms with van der Waals surface area (Å²) in [5.41, 5.74) is -1.39. The summed E-state index contributed by atoms with van der Waals surface area (Å²) in [6.45, 7) is 0. The van der Waals surface area contributed by atoms with Crippen molar-refractivity contribution in [1.29, 1.82) is 0 Å². The second-order valence-corrected chi connectivity index (χ2v) is 1.22. The molecule has 0 heterocycles. The fourth-order valence-electron chi connectivity index (χ4n) is 0.304. The van der Waals surface area contributed by atoms with E-state index in [-0.39, 0.29) is 51.4 Å². The first-order chi connectivity index (χ1) is 3.22. The molecule has 37 valence electrons. The number of rotatable bonds is 0. The Kier molecular flexibility index (Phi) is 3.07. The van der Waals surface area contributed by atoms with Gasteiger partial charge in [-0.1, -0.05) is 0 Å². The molecule has 1 N–H and O–H groups in total. The van der Waals surface area contributed by atoms with Crippen molar-refractivity contribution in [3.05, 3.63) is 26.5 Å². The van der Waals surface area contributed by atoms with Gasteiger partial charge < -0.3 is 5.11 Å². The van der Waals surface area contributed by atoms with E-state index in [0.29, 0.717) is 0 Å². The molecule has 0 aliphatic heterocycles. The summed E-state index contributed by atoms with van der Waals surface area (Å²) >= 11 is 0. The minimum absolute atomic E-state index is 0. The van der Waals surface area contributed by atoms with E-state index in [1.54, 1.807) is 0 Å². The van der Waals surface area contributed by atoms with Crippen LogP contribution in [-0.4, -0.2) is 56.5 Å². The van der Waals surface area contributed by atoms with Gasteiger partial charge in [0, 0.05) is 57.5 Å². The fraction of sp³-hybridized carbons (Fsp3) is 0. The Morgan fingerprint density at radius 3 is 1.88 bits per heavy atom. The van der Waals surface area contributed by atoms with Crippen LogP contribution in [0.3, 0.4) is 0 Å². The molecule has 4 heteroatoms. The molecule has 0 bridgehead atoms. The van der Waals surface area contributed by atoms with Crippen LogP contribution in [0.2, 0.25) is 0 Å². The molecule has 1 radical (unpaired) electrons. The summed E-state index contributed by atoms with van der Waals surface area (Å²) in [7, 11) is 0. The first-order valence-electron chi connectivity index (χ1n) is 1.71. The molecule has 0 saturated heterocycles. The first-order valence-corrected chi connectivity index (χ1v) is 1.71. The Morgan fingerprint density at radius 1 is 1.38 bits per heavy atom. The Hall–Kier alpha value is 0.516. The van der Waals surface area contributed by atoms with E-state index in [1.165, 1.54) is 0 Å². The molecule has 1 rings (SSSR count). The molecule has 1 aromatic rings. The summed E-state index contributed by atoms with van der Waals surface area (Å²) in [4.78, 5) is 19.7. The minimum atomic E-state index is -0.778. The average molecular weight is 137 g/mol. The van der Waals surface area contributed by atoms with Crippen LogP contribution in [0.25, 0.3) is 0 Å². The molecule has 0 aliphatic rings. The summed E-state index contributed by atoms with van der Waals surface area (Å²) in [5, 5.41) is 8.18. The smallest absolute Gasteiger partial charge is 0.267 e. The van der Waals surface area contributed by atoms with Crippen LogP contribution in [-0.2, 0) is 0 Å². The van der Waals surface area contributed by atoms with E-state index < -0.39 is 16.6 Å². The van der Waals surface area contributed by atoms with Crippen LogP contribution in [0.5, 0.6) is 5.75 Å². The van der Waals surface area contributed by atoms with E-state index in [2.05, 4.69) is 0 Å². The molecule has 1 aromatic carbocycles. The Bertz CT molecular complexity index is 245. The standard InChI is InChI=1S/C4H2O3.K/c5-2-1-3(6)4(2)7;/h1,5H;. The van der Waals surface area contributed by atoms with Crippen LogP contribution in [0.1, 0.15) is 0 Å². The second kappa shape index (κ2) is 2.89. The molecule has 0 aliphatic carbocycles. The SMILES string of the molecule is O=c1cc(O)c1=O.[K]. The molecule has 0 atom stereocenters. The third kappa shape index (κ3) is 1.27. The van der Waals surface area contributed by atoms with Gasteiger partial charge in [0.25, 0.3) is 5.43 Å². The average Bonchev–Trinajstić information content (AvgIpc) is 1.68. The van der Waals surface area contributed by atoms with Crippen molar-refractivity contribution in [1.82, 2.24) is 0 Å². The topological polar surface area (TPSA) is 54.4 Å². The Balaban J connectivity index is 0.000000490. The zero-order chi connectivity index (χ0) is 5.44. The molecule has 0 saturated carbocycles. The van der Waals surface area contributed by atoms with Crippen molar-refractivity contribution < 1.29 is 5.11 Å². The molecular formula is C4H2KO3. The molecule has 8 heavy (non-hydrogen) atoms. The van der Waals surface area contributed by atoms with Crippen molar-refractivity contribution in [2.75, 3.05) is 0 Å². The van der Waals surface area contributed by atoms with Crippen LogP contribution in [0.4, 0.5) is 0 Å². The van der Waals surface area contributed by atoms with Crippen molar-refractivity contribution in [2.45, 2.75) is 0 Å². The second-order valence-electron chi connectivity index (χ2n) is 1.22. The minimum Gasteiger partial charge on any atom is -0.504 e. The van der Waals surface area contributed by atoms with Crippen LogP contribution in [0.15, 0.2) is 15.7 Å². The summed E-state index contributed by atoms with van der Waals surface area (Å²) in [6, 6.07) is 0.891. The number of hydrogen-bond donors (Lipinski definition) is 1. The zero-order valence-electron chi connectivity index (χ0n) is 4.34. The van der Waals surface area contributed by atoms with E-state index in [0.717, 1.165) is 6.07 Å². The summed E-state index contributed by atoms with van der Waals surface area (Å²) in [5.74, 6) is -0.426. The van der Waals surface area contributed by atoms with Gasteiger partial charge >= 0.3 is 0 Å². The van der Waals surface area contributed by atoms with Crippen LogP contribution >= 0.6 is 0 Å². The van der Waals surface area contributed by atoms with Gasteiger partial charge in [0.2, 0.25) is 5.43 Å². The van der Waals surface area contributed by atoms with E-state index in [9.17, 15) is 9.59 Å². The summed E-state index contributed by atoms with van der Waals surface area (Å²) < 4.78 is 0. The third-order valence-corrected chi connectivity index (χ3v) is 0.724. The maximum Gasteiger partial charge on any atom is 0.267 e. The fourth-order valence-corrected chi connectivity index (χ4v) is 0.304. The van der Waals surface area contributed by atoms with Gasteiger partial charge in [0.05, 0.1) is 0 Å². The van der Waals surface area contributed by atoms with Crippen molar-refractivity contribution >= 4 is 51.4 Å². The van der Waals surface area contributed by atoms with Gasteiger partial charge in [-0.15, -0.1) is 0 Å². The molecule has 0 amide bonds. The van der Waals surface area contributed by atoms with Gasteiger partial charge in [-0.2, -0.15) is 0 Å². The predicted molar refractivity (Wildman–Crippen MR) is 28.8 cm³/mol. The Morgan fingerprint density at radius 2 is 1.88 bits per heavy atom. The van der Waals surface area contributed by atoms with Gasteiger partial charge in [0.1, 0.15) is 0 Å². The molecule has 0 unspecified atom stereocenters. The normalized spacial score (nSPS) is 8.50. The predicted octanol–water partition coefficient (Wildman–Crippen LogP) is -1.39. The maximum atomic E-state index is 9.89. The number of hydrogen-bond acceptors (Lipinski definition) is 3. The van der Waals surface area contributed by atoms with E-state index in [1.807, 2.05) is 0 Å². The third-order valence-electron chi connectivity index (χ3n) is 0.724. The van der Waals surface area contributed by atoms with Crippen molar-refractivity contribution in [3.63, 3.8) is 0 Å². The molecule has 0 spiro atoms. The maximum absolute atomic E-state index is 9.89. The molecule has 0 aromatic heterocycles. The summed E-state index contributed by atoms with van der Waals surface area (Å²) in [6.07, 6.45) is 0. The first kappa shape index (κ1) is 8.52.